The Bertz CT molecular complexity index is 790. The van der Waals surface area contributed by atoms with E-state index in [1.807, 2.05) is 30.4 Å². The molecule has 2 aliphatic heterocycles. The van der Waals surface area contributed by atoms with Crippen molar-refractivity contribution in [2.24, 2.45) is 5.92 Å². The number of nitrogens with zero attached hydrogens (tertiary/aromatic N) is 5. The molecule has 130 valence electrons. The van der Waals surface area contributed by atoms with Gasteiger partial charge in [0, 0.05) is 55.4 Å². The number of aromatic nitrogens is 2. The van der Waals surface area contributed by atoms with Crippen LogP contribution in [0, 0.1) is 17.2 Å². The molecule has 0 saturated carbocycles. The highest BCUT2D eigenvalue weighted by Crippen LogP contribution is 2.31. The summed E-state index contributed by atoms with van der Waals surface area (Å²) in [5.74, 6) is 2.01. The zero-order valence-corrected chi connectivity index (χ0v) is 15.2. The molecule has 0 atom stereocenters. The van der Waals surface area contributed by atoms with Crippen molar-refractivity contribution >= 4 is 34.4 Å². The maximum Gasteiger partial charge on any atom is 0.136 e. The average Bonchev–Trinajstić information content (AvgIpc) is 2.62. The Balaban J connectivity index is 1.52. The summed E-state index contributed by atoms with van der Waals surface area (Å²) in [4.78, 5) is 11.3. The van der Waals surface area contributed by atoms with Crippen LogP contribution in [-0.2, 0) is 0 Å². The van der Waals surface area contributed by atoms with Gasteiger partial charge in [-0.15, -0.1) is 0 Å². The normalized spacial score (nSPS) is 19.6. The van der Waals surface area contributed by atoms with E-state index < -0.39 is 0 Å². The number of nitrogens with one attached hydrogen (secondary N) is 1. The molecule has 2 aromatic heterocycles. The Labute approximate surface area is 152 Å². The summed E-state index contributed by atoms with van der Waals surface area (Å²) in [5.41, 5.74) is 0. The van der Waals surface area contributed by atoms with Gasteiger partial charge in [-0.3, -0.25) is 4.31 Å². The zero-order chi connectivity index (χ0) is 17.2. The molecule has 0 aliphatic carbocycles. The van der Waals surface area contributed by atoms with Crippen molar-refractivity contribution in [1.29, 1.82) is 5.26 Å². The fourth-order valence-electron chi connectivity index (χ4n) is 3.51. The third-order valence-electron chi connectivity index (χ3n) is 5.05. The summed E-state index contributed by atoms with van der Waals surface area (Å²) in [7, 11) is 0. The second-order valence-electron chi connectivity index (χ2n) is 6.69. The lowest BCUT2D eigenvalue weighted by atomic mass is 10.0. The van der Waals surface area contributed by atoms with Crippen LogP contribution in [0.1, 0.15) is 12.8 Å². The van der Waals surface area contributed by atoms with Crippen LogP contribution >= 0.6 is 11.9 Å². The maximum atomic E-state index is 9.00. The van der Waals surface area contributed by atoms with Gasteiger partial charge in [0.15, 0.2) is 0 Å². The Morgan fingerprint density at radius 3 is 2.80 bits per heavy atom. The molecule has 0 bridgehead atoms. The van der Waals surface area contributed by atoms with Crippen molar-refractivity contribution in [1.82, 2.24) is 14.3 Å². The van der Waals surface area contributed by atoms with Gasteiger partial charge >= 0.3 is 0 Å². The van der Waals surface area contributed by atoms with Gasteiger partial charge < -0.3 is 10.2 Å². The Morgan fingerprint density at radius 1 is 1.28 bits per heavy atom. The summed E-state index contributed by atoms with van der Waals surface area (Å²) in [5, 5.41) is 14.8. The van der Waals surface area contributed by atoms with E-state index in [0.29, 0.717) is 6.04 Å². The molecule has 0 unspecified atom stereocenters. The fraction of sp³-hybridized carbons (Fsp3) is 0.500. The first-order valence-corrected chi connectivity index (χ1v) is 9.90. The topological polar surface area (TPSA) is 68.1 Å². The maximum absolute atomic E-state index is 9.00. The highest BCUT2D eigenvalue weighted by atomic mass is 32.2. The summed E-state index contributed by atoms with van der Waals surface area (Å²) in [6.45, 7) is 3.76. The molecule has 4 heterocycles. The summed E-state index contributed by atoms with van der Waals surface area (Å²) >= 11 is 1.83. The molecule has 1 N–H and O–H groups in total. The number of nitriles is 1. The van der Waals surface area contributed by atoms with Gasteiger partial charge in [0.25, 0.3) is 0 Å². The van der Waals surface area contributed by atoms with Crippen LogP contribution in [0.15, 0.2) is 24.5 Å². The molecule has 2 aromatic rings. The molecular formula is C18H22N6S. The van der Waals surface area contributed by atoms with Crippen molar-refractivity contribution in [3.05, 3.63) is 24.5 Å². The van der Waals surface area contributed by atoms with Crippen molar-refractivity contribution in [3.8, 4) is 6.07 Å². The third-order valence-corrected chi connectivity index (χ3v) is 5.94. The lowest BCUT2D eigenvalue weighted by Gasteiger charge is -2.36. The van der Waals surface area contributed by atoms with Gasteiger partial charge in [-0.2, -0.15) is 5.26 Å². The molecule has 0 aromatic carbocycles. The molecule has 4 rings (SSSR count). The van der Waals surface area contributed by atoms with Gasteiger partial charge in [0.1, 0.15) is 11.6 Å². The molecule has 0 radical (unpaired) electrons. The van der Waals surface area contributed by atoms with Crippen molar-refractivity contribution in [2.45, 2.75) is 18.9 Å². The monoisotopic (exact) mass is 354 g/mol. The van der Waals surface area contributed by atoms with Gasteiger partial charge in [-0.1, -0.05) is 11.9 Å². The number of rotatable bonds is 4. The predicted molar refractivity (Wildman–Crippen MR) is 103 cm³/mol. The third kappa shape index (κ3) is 3.37. The van der Waals surface area contributed by atoms with Crippen LogP contribution in [0.3, 0.4) is 0 Å². The molecule has 2 aliphatic rings. The minimum atomic E-state index is 0.123. The highest BCUT2D eigenvalue weighted by Gasteiger charge is 2.28. The van der Waals surface area contributed by atoms with Crippen LogP contribution < -0.4 is 10.2 Å². The van der Waals surface area contributed by atoms with Crippen molar-refractivity contribution in [3.63, 3.8) is 0 Å². The molecule has 25 heavy (non-hydrogen) atoms. The fourth-order valence-corrected chi connectivity index (χ4v) is 4.08. The van der Waals surface area contributed by atoms with Gasteiger partial charge in [-0.05, 0) is 31.2 Å². The number of anilines is 2. The second kappa shape index (κ2) is 7.06. The summed E-state index contributed by atoms with van der Waals surface area (Å²) < 4.78 is 2.41. The SMILES string of the molecule is CSN1CCC(Nc2cc3c(N4CC(C#N)C4)nccc3cn2)CC1. The molecule has 0 amide bonds. The lowest BCUT2D eigenvalue weighted by molar-refractivity contribution is 0.359. The first kappa shape index (κ1) is 16.4. The van der Waals surface area contributed by atoms with Crippen LogP contribution in [0.2, 0.25) is 0 Å². The van der Waals surface area contributed by atoms with Crippen molar-refractivity contribution in [2.75, 3.05) is 42.7 Å². The van der Waals surface area contributed by atoms with E-state index in [-0.39, 0.29) is 5.92 Å². The number of hydrogen-bond donors (Lipinski definition) is 1. The van der Waals surface area contributed by atoms with E-state index in [9.17, 15) is 0 Å². The van der Waals surface area contributed by atoms with Crippen LogP contribution in [-0.4, -0.2) is 52.7 Å². The zero-order valence-electron chi connectivity index (χ0n) is 14.4. The van der Waals surface area contributed by atoms with E-state index in [1.165, 1.54) is 0 Å². The average molecular weight is 354 g/mol. The number of hydrogen-bond acceptors (Lipinski definition) is 7. The molecule has 2 saturated heterocycles. The van der Waals surface area contributed by atoms with E-state index in [4.69, 9.17) is 5.26 Å². The standard InChI is InChI=1S/C18H22N6S/c1-25-24-6-3-15(4-7-24)22-17-8-16-14(10-21-17)2-5-20-18(16)23-11-13(9-19)12-23/h2,5,8,10,13,15H,3-4,6-7,11-12H2,1H3,(H,21,22). The van der Waals surface area contributed by atoms with E-state index in [1.54, 1.807) is 0 Å². The number of piperidine rings is 1. The largest absolute Gasteiger partial charge is 0.367 e. The molecule has 7 heteroatoms. The molecule has 2 fully saturated rings. The van der Waals surface area contributed by atoms with Crippen LogP contribution in [0.5, 0.6) is 0 Å². The minimum absolute atomic E-state index is 0.123. The highest BCUT2D eigenvalue weighted by molar-refractivity contribution is 7.96. The smallest absolute Gasteiger partial charge is 0.136 e. The predicted octanol–water partition coefficient (Wildman–Crippen LogP) is 2.74. The quantitative estimate of drug-likeness (QED) is 0.847. The van der Waals surface area contributed by atoms with E-state index >= 15 is 0 Å². The first-order chi connectivity index (χ1) is 12.3. The summed E-state index contributed by atoms with van der Waals surface area (Å²) in [6.07, 6.45) is 8.15. The van der Waals surface area contributed by atoms with Gasteiger partial charge in [0.05, 0.1) is 12.0 Å². The van der Waals surface area contributed by atoms with Crippen LogP contribution in [0.25, 0.3) is 10.8 Å². The Morgan fingerprint density at radius 2 is 2.08 bits per heavy atom. The van der Waals surface area contributed by atoms with E-state index in [2.05, 4.69) is 42.9 Å². The molecule has 6 nitrogen and oxygen atoms in total. The van der Waals surface area contributed by atoms with E-state index in [0.717, 1.165) is 61.4 Å². The molecule has 0 spiro atoms. The second-order valence-corrected chi connectivity index (χ2v) is 7.57. The Kier molecular flexibility index (Phi) is 4.64. The number of fused-ring (bicyclic) bond motifs is 1. The van der Waals surface area contributed by atoms with Gasteiger partial charge in [0.2, 0.25) is 0 Å². The number of pyridine rings is 2. The van der Waals surface area contributed by atoms with Gasteiger partial charge in [-0.25, -0.2) is 9.97 Å². The minimum Gasteiger partial charge on any atom is -0.367 e. The first-order valence-electron chi connectivity index (χ1n) is 8.71. The Hall–Kier alpha value is -2.04. The lowest BCUT2D eigenvalue weighted by Crippen LogP contribution is -2.46. The molecular weight excluding hydrogens is 332 g/mol. The van der Waals surface area contributed by atoms with Crippen LogP contribution in [0.4, 0.5) is 11.6 Å². The summed E-state index contributed by atoms with van der Waals surface area (Å²) in [6, 6.07) is 6.90. The van der Waals surface area contributed by atoms with Crippen molar-refractivity contribution < 1.29 is 0 Å².